The van der Waals surface area contributed by atoms with Gasteiger partial charge in [-0.15, -0.1) is 0 Å². The number of aryl methyl sites for hydroxylation is 1. The molecule has 166 valence electrons. The van der Waals surface area contributed by atoms with E-state index >= 15 is 0 Å². The molecule has 3 rings (SSSR count). The average molecular weight is 429 g/mol. The molecule has 0 unspecified atom stereocenters. The molecule has 0 N–H and O–H groups in total. The summed E-state index contributed by atoms with van der Waals surface area (Å²) in [6.07, 6.45) is 2.86. The number of aromatic nitrogens is 2. The summed E-state index contributed by atoms with van der Waals surface area (Å²) in [6.45, 7) is 7.10. The van der Waals surface area contributed by atoms with Crippen molar-refractivity contribution in [2.75, 3.05) is 13.2 Å². The smallest absolute Gasteiger partial charge is 0.474 e. The van der Waals surface area contributed by atoms with Gasteiger partial charge in [-0.25, -0.2) is 14.2 Å². The molecule has 1 aliphatic rings. The van der Waals surface area contributed by atoms with Gasteiger partial charge in [0.2, 0.25) is 5.88 Å². The second kappa shape index (κ2) is 9.04. The van der Waals surface area contributed by atoms with Crippen LogP contribution in [-0.2, 0) is 22.3 Å². The summed E-state index contributed by atoms with van der Waals surface area (Å²) in [5, 5.41) is 9.96. The number of ether oxygens (including phenoxy) is 3. The van der Waals surface area contributed by atoms with Crippen molar-refractivity contribution in [2.24, 2.45) is 5.41 Å². The van der Waals surface area contributed by atoms with E-state index in [0.717, 1.165) is 19.3 Å². The number of rotatable bonds is 7. The van der Waals surface area contributed by atoms with Crippen molar-refractivity contribution in [3.63, 3.8) is 0 Å². The lowest BCUT2D eigenvalue weighted by molar-refractivity contribution is -0.0115. The number of halogens is 1. The number of carbonyl (C=O) groups excluding carboxylic acids is 1. The van der Waals surface area contributed by atoms with Gasteiger partial charge in [-0.1, -0.05) is 13.3 Å². The van der Waals surface area contributed by atoms with Gasteiger partial charge in [0.25, 0.3) is 0 Å². The fourth-order valence-electron chi connectivity index (χ4n) is 3.50. The first kappa shape index (κ1) is 22.7. The maximum absolute atomic E-state index is 14.9. The summed E-state index contributed by atoms with van der Waals surface area (Å²) < 4.78 is 30.7. The molecule has 7 nitrogen and oxygen atoms in total. The van der Waals surface area contributed by atoms with E-state index in [4.69, 9.17) is 14.2 Å². The summed E-state index contributed by atoms with van der Waals surface area (Å²) in [4.78, 5) is 20.4. The van der Waals surface area contributed by atoms with Crippen LogP contribution in [0.4, 0.5) is 9.18 Å². The zero-order chi connectivity index (χ0) is 22.6. The van der Waals surface area contributed by atoms with Crippen LogP contribution < -0.4 is 4.74 Å². The number of fused-ring (bicyclic) bond motifs is 1. The molecule has 1 saturated carbocycles. The van der Waals surface area contributed by atoms with Crippen molar-refractivity contribution < 1.29 is 23.4 Å². The normalized spacial score (nSPS) is 15.1. The van der Waals surface area contributed by atoms with Crippen LogP contribution in [0.3, 0.4) is 0 Å². The predicted octanol–water partition coefficient (Wildman–Crippen LogP) is 4.90. The van der Waals surface area contributed by atoms with E-state index in [1.807, 2.05) is 6.92 Å². The summed E-state index contributed by atoms with van der Waals surface area (Å²) >= 11 is 0. The first-order valence-electron chi connectivity index (χ1n) is 10.5. The van der Waals surface area contributed by atoms with Crippen molar-refractivity contribution in [3.8, 4) is 11.9 Å². The second-order valence-corrected chi connectivity index (χ2v) is 8.86. The SMILES string of the molecule is CCc1nc(OCCOC(=O)OC(C)(C)C)c2cc(CC3(C#N)CCC3)cc(F)c2n1. The Kier molecular flexibility index (Phi) is 6.63. The lowest BCUT2D eigenvalue weighted by atomic mass is 9.66. The molecule has 31 heavy (non-hydrogen) atoms. The van der Waals surface area contributed by atoms with E-state index in [2.05, 4.69) is 16.0 Å². The zero-order valence-corrected chi connectivity index (χ0v) is 18.5. The predicted molar refractivity (Wildman–Crippen MR) is 112 cm³/mol. The summed E-state index contributed by atoms with van der Waals surface area (Å²) in [6, 6.07) is 5.62. The third-order valence-electron chi connectivity index (χ3n) is 5.16. The highest BCUT2D eigenvalue weighted by molar-refractivity contribution is 5.84. The van der Waals surface area contributed by atoms with Crippen molar-refractivity contribution >= 4 is 17.1 Å². The Morgan fingerprint density at radius 1 is 1.26 bits per heavy atom. The van der Waals surface area contributed by atoms with Crippen molar-refractivity contribution in [2.45, 2.75) is 65.4 Å². The second-order valence-electron chi connectivity index (χ2n) is 8.86. The van der Waals surface area contributed by atoms with Crippen LogP contribution in [0.1, 0.15) is 58.3 Å². The molecule has 1 aromatic carbocycles. The van der Waals surface area contributed by atoms with Crippen molar-refractivity contribution in [3.05, 3.63) is 29.3 Å². The largest absolute Gasteiger partial charge is 0.508 e. The molecule has 1 heterocycles. The highest BCUT2D eigenvalue weighted by Crippen LogP contribution is 2.43. The topological polar surface area (TPSA) is 94.3 Å². The number of hydrogen-bond acceptors (Lipinski definition) is 7. The molecule has 1 fully saturated rings. The minimum atomic E-state index is -0.784. The van der Waals surface area contributed by atoms with Crippen LogP contribution in [0.25, 0.3) is 10.9 Å². The maximum atomic E-state index is 14.9. The first-order valence-corrected chi connectivity index (χ1v) is 10.5. The minimum absolute atomic E-state index is 0.0302. The Labute approximate surface area is 181 Å². The number of hydrogen-bond donors (Lipinski definition) is 0. The van der Waals surface area contributed by atoms with Crippen LogP contribution in [0.2, 0.25) is 0 Å². The van der Waals surface area contributed by atoms with Gasteiger partial charge in [0.05, 0.1) is 16.9 Å². The van der Waals surface area contributed by atoms with Gasteiger partial charge in [0.15, 0.2) is 0 Å². The van der Waals surface area contributed by atoms with Crippen molar-refractivity contribution in [1.82, 2.24) is 9.97 Å². The lowest BCUT2D eigenvalue weighted by Crippen LogP contribution is -2.29. The molecule has 0 aliphatic heterocycles. The highest BCUT2D eigenvalue weighted by Gasteiger charge is 2.37. The van der Waals surface area contributed by atoms with E-state index in [1.54, 1.807) is 26.8 Å². The third kappa shape index (κ3) is 5.60. The Balaban J connectivity index is 1.78. The molecule has 0 radical (unpaired) electrons. The molecule has 0 spiro atoms. The van der Waals surface area contributed by atoms with E-state index in [9.17, 15) is 14.4 Å². The van der Waals surface area contributed by atoms with E-state index in [-0.39, 0.29) is 24.6 Å². The lowest BCUT2D eigenvalue weighted by Gasteiger charge is -2.35. The highest BCUT2D eigenvalue weighted by atomic mass is 19.1. The number of nitrogens with zero attached hydrogens (tertiary/aromatic N) is 3. The van der Waals surface area contributed by atoms with E-state index < -0.39 is 23.0 Å². The van der Waals surface area contributed by atoms with Crippen LogP contribution in [0.15, 0.2) is 12.1 Å². The van der Waals surface area contributed by atoms with E-state index in [1.165, 1.54) is 6.07 Å². The van der Waals surface area contributed by atoms with Gasteiger partial charge >= 0.3 is 6.16 Å². The number of carbonyl (C=O) groups is 1. The zero-order valence-electron chi connectivity index (χ0n) is 18.5. The van der Waals surface area contributed by atoms with Crippen LogP contribution in [0.5, 0.6) is 5.88 Å². The molecular weight excluding hydrogens is 401 g/mol. The standard InChI is InChI=1S/C23H28FN3O4/c1-5-18-26-19-16(11-15(12-17(19)24)13-23(14-25)7-6-8-23)20(27-18)29-9-10-30-21(28)31-22(2,3)4/h11-12H,5-10,13H2,1-4H3. The molecule has 0 saturated heterocycles. The maximum Gasteiger partial charge on any atom is 0.508 e. The Morgan fingerprint density at radius 3 is 2.58 bits per heavy atom. The van der Waals surface area contributed by atoms with Crippen LogP contribution >= 0.6 is 0 Å². The monoisotopic (exact) mass is 429 g/mol. The Hall–Kier alpha value is -2.95. The fraction of sp³-hybridized carbons (Fsp3) is 0.565. The third-order valence-corrected chi connectivity index (χ3v) is 5.16. The first-order chi connectivity index (χ1) is 14.6. The molecule has 0 amide bonds. The summed E-state index contributed by atoms with van der Waals surface area (Å²) in [5.74, 6) is 0.219. The molecule has 0 atom stereocenters. The van der Waals surface area contributed by atoms with Crippen molar-refractivity contribution in [1.29, 1.82) is 5.26 Å². The quantitative estimate of drug-likeness (QED) is 0.456. The average Bonchev–Trinajstić information content (AvgIpc) is 2.66. The van der Waals surface area contributed by atoms with Crippen LogP contribution in [-0.4, -0.2) is 34.9 Å². The molecule has 1 aliphatic carbocycles. The fourth-order valence-corrected chi connectivity index (χ4v) is 3.50. The van der Waals surface area contributed by atoms with Crippen LogP contribution in [0, 0.1) is 22.6 Å². The Morgan fingerprint density at radius 2 is 2.00 bits per heavy atom. The molecule has 0 bridgehead atoms. The summed E-state index contributed by atoms with van der Waals surface area (Å²) in [7, 11) is 0. The van der Waals surface area contributed by atoms with Gasteiger partial charge in [0.1, 0.15) is 36.0 Å². The number of nitriles is 1. The van der Waals surface area contributed by atoms with E-state index in [0.29, 0.717) is 29.6 Å². The minimum Gasteiger partial charge on any atom is -0.474 e. The Bertz CT molecular complexity index is 1010. The molecular formula is C23H28FN3O4. The van der Waals surface area contributed by atoms with Gasteiger partial charge in [0, 0.05) is 6.42 Å². The van der Waals surface area contributed by atoms with Gasteiger partial charge in [-0.2, -0.15) is 10.2 Å². The molecule has 1 aromatic heterocycles. The van der Waals surface area contributed by atoms with Gasteiger partial charge in [-0.05, 0) is 57.7 Å². The summed E-state index contributed by atoms with van der Waals surface area (Å²) in [5.41, 5.74) is -0.175. The van der Waals surface area contributed by atoms with Gasteiger partial charge in [-0.3, -0.25) is 0 Å². The molecule has 2 aromatic rings. The molecule has 8 heteroatoms. The number of benzene rings is 1. The van der Waals surface area contributed by atoms with Gasteiger partial charge < -0.3 is 14.2 Å².